The molecule has 1 N–H and O–H groups in total. The second kappa shape index (κ2) is 8.93. The summed E-state index contributed by atoms with van der Waals surface area (Å²) in [5, 5.41) is 28.7. The number of Topliss-reactive ketones (excluding diaryl/α,β-unsaturated/α-hetero) is 1. The number of hydrogen-bond donors (Lipinski definition) is 1. The number of rotatable bonds is 4. The summed E-state index contributed by atoms with van der Waals surface area (Å²) in [5.74, 6) is -5.42. The number of carboxylic acids is 2. The maximum Gasteiger partial charge on any atom is 1.00 e. The first-order valence-corrected chi connectivity index (χ1v) is 2.95. The fourth-order valence-electron chi connectivity index (χ4n) is 0.457. The molecule has 0 aromatic rings. The van der Waals surface area contributed by atoms with Crippen LogP contribution >= 0.6 is 0 Å². The number of aliphatic hydroxyl groups is 1. The molecule has 6 nitrogen and oxygen atoms in total. The maximum atomic E-state index is 10.3. The van der Waals surface area contributed by atoms with Crippen molar-refractivity contribution < 1.29 is 132 Å². The van der Waals surface area contributed by atoms with Gasteiger partial charge in [-0.1, -0.05) is 0 Å². The first kappa shape index (κ1) is 21.2. The number of carboxylic acid groups (broad SMARTS) is 2. The second-order valence-corrected chi connectivity index (χ2v) is 2.45. The molecule has 14 heavy (non-hydrogen) atoms. The molecule has 0 aliphatic heterocycles. The Bertz CT molecular complexity index is 236. The summed E-state index contributed by atoms with van der Waals surface area (Å²) in [5.41, 5.74) is -2.46. The number of carbonyl (C=O) groups excluding carboxylic acids is 3. The van der Waals surface area contributed by atoms with Gasteiger partial charge in [0.2, 0.25) is 0 Å². The van der Waals surface area contributed by atoms with Crippen LogP contribution in [0.4, 0.5) is 0 Å². The minimum Gasteiger partial charge on any atom is -0.547 e. The Balaban J connectivity index is -0.000000605. The zero-order valence-electron chi connectivity index (χ0n) is 8.20. The van der Waals surface area contributed by atoms with Gasteiger partial charge in [0.1, 0.15) is 11.6 Å². The fraction of sp³-hybridized carbons (Fsp3) is 0.500. The predicted molar refractivity (Wildman–Crippen MR) is 30.3 cm³/mol. The van der Waals surface area contributed by atoms with E-state index in [4.69, 9.17) is 5.11 Å². The van der Waals surface area contributed by atoms with Crippen LogP contribution in [0.3, 0.4) is 0 Å². The van der Waals surface area contributed by atoms with Crippen LogP contribution in [0.1, 0.15) is 13.3 Å². The summed E-state index contributed by atoms with van der Waals surface area (Å²) in [7, 11) is 0. The molecule has 0 spiro atoms. The number of carbonyl (C=O) groups is 3. The number of hydrogen-bond acceptors (Lipinski definition) is 6. The van der Waals surface area contributed by atoms with Gasteiger partial charge in [0.25, 0.3) is 0 Å². The monoisotopic (exact) mass is 252 g/mol. The van der Waals surface area contributed by atoms with Gasteiger partial charge in [-0.2, -0.15) is 0 Å². The standard InChI is InChI=1S/C6H8O6.2K/c1-6(12,5(10)11)2-3(7)4(8)9;;/h12H,2H2,1H3,(H,8,9)(H,10,11);;/q;2*+1/p-2. The molecule has 0 bridgehead atoms. The van der Waals surface area contributed by atoms with Crippen LogP contribution in [0.15, 0.2) is 0 Å². The largest absolute Gasteiger partial charge is 1.00 e. The van der Waals surface area contributed by atoms with Gasteiger partial charge in [-0.25, -0.2) is 0 Å². The molecule has 0 saturated carbocycles. The van der Waals surface area contributed by atoms with Crippen molar-refractivity contribution >= 4 is 17.7 Å². The van der Waals surface area contributed by atoms with Crippen molar-refractivity contribution in [2.75, 3.05) is 0 Å². The molecule has 0 amide bonds. The number of ketones is 1. The second-order valence-electron chi connectivity index (χ2n) is 2.45. The van der Waals surface area contributed by atoms with Gasteiger partial charge < -0.3 is 24.9 Å². The molecule has 0 aliphatic carbocycles. The normalized spacial score (nSPS) is 12.7. The quantitative estimate of drug-likeness (QED) is 0.392. The summed E-state index contributed by atoms with van der Waals surface area (Å²) >= 11 is 0. The van der Waals surface area contributed by atoms with Crippen molar-refractivity contribution in [3.63, 3.8) is 0 Å². The molecule has 0 aliphatic rings. The summed E-state index contributed by atoms with van der Waals surface area (Å²) < 4.78 is 0. The first-order chi connectivity index (χ1) is 5.27. The summed E-state index contributed by atoms with van der Waals surface area (Å²) in [4.78, 5) is 30.2. The van der Waals surface area contributed by atoms with Gasteiger partial charge in [-0.05, 0) is 6.92 Å². The van der Waals surface area contributed by atoms with E-state index >= 15 is 0 Å². The zero-order valence-corrected chi connectivity index (χ0v) is 14.4. The van der Waals surface area contributed by atoms with Crippen LogP contribution in [0, 0.1) is 0 Å². The maximum absolute atomic E-state index is 10.3. The van der Waals surface area contributed by atoms with Crippen molar-refractivity contribution in [2.45, 2.75) is 18.9 Å². The third-order valence-corrected chi connectivity index (χ3v) is 1.17. The van der Waals surface area contributed by atoms with Crippen molar-refractivity contribution in [1.82, 2.24) is 0 Å². The average molecular weight is 252 g/mol. The Morgan fingerprint density at radius 2 is 1.57 bits per heavy atom. The molecule has 0 radical (unpaired) electrons. The number of aliphatic carboxylic acids is 2. The smallest absolute Gasteiger partial charge is 0.547 e. The molecule has 8 heteroatoms. The van der Waals surface area contributed by atoms with Gasteiger partial charge >= 0.3 is 103 Å². The van der Waals surface area contributed by atoms with E-state index in [0.717, 1.165) is 6.92 Å². The summed E-state index contributed by atoms with van der Waals surface area (Å²) in [6.07, 6.45) is -1.06. The van der Waals surface area contributed by atoms with Crippen molar-refractivity contribution in [1.29, 1.82) is 0 Å². The van der Waals surface area contributed by atoms with Crippen molar-refractivity contribution in [2.24, 2.45) is 0 Å². The molecule has 0 aromatic carbocycles. The van der Waals surface area contributed by atoms with Crippen LogP contribution in [0.2, 0.25) is 0 Å². The third kappa shape index (κ3) is 8.05. The van der Waals surface area contributed by atoms with Gasteiger partial charge in [0.15, 0.2) is 5.78 Å². The van der Waals surface area contributed by atoms with Crippen LogP contribution in [-0.2, 0) is 14.4 Å². The third-order valence-electron chi connectivity index (χ3n) is 1.17. The summed E-state index contributed by atoms with van der Waals surface area (Å²) in [6.45, 7) is 0.767. The Hall–Kier alpha value is 1.84. The van der Waals surface area contributed by atoms with Crippen LogP contribution in [-0.4, -0.2) is 28.4 Å². The minimum absolute atomic E-state index is 0. The topological polar surface area (TPSA) is 118 Å². The molecule has 0 aromatic heterocycles. The molecule has 0 fully saturated rings. The summed E-state index contributed by atoms with van der Waals surface area (Å²) in [6, 6.07) is 0. The van der Waals surface area contributed by atoms with Crippen LogP contribution in [0.25, 0.3) is 0 Å². The predicted octanol–water partition coefficient (Wildman–Crippen LogP) is -9.80. The van der Waals surface area contributed by atoms with E-state index in [9.17, 15) is 24.6 Å². The molecule has 0 rings (SSSR count). The Morgan fingerprint density at radius 1 is 1.21 bits per heavy atom. The fourth-order valence-corrected chi connectivity index (χ4v) is 0.457. The molecular weight excluding hydrogens is 246 g/mol. The van der Waals surface area contributed by atoms with E-state index in [-0.39, 0.29) is 103 Å². The van der Waals surface area contributed by atoms with Gasteiger partial charge in [0.05, 0.1) is 5.97 Å². The van der Waals surface area contributed by atoms with E-state index in [1.54, 1.807) is 0 Å². The molecule has 68 valence electrons. The van der Waals surface area contributed by atoms with E-state index in [0.29, 0.717) is 0 Å². The van der Waals surface area contributed by atoms with Gasteiger partial charge in [-0.3, -0.25) is 4.79 Å². The van der Waals surface area contributed by atoms with Crippen molar-refractivity contribution in [3.8, 4) is 0 Å². The van der Waals surface area contributed by atoms with Gasteiger partial charge in [-0.15, -0.1) is 0 Å². The molecule has 1 atom stereocenters. The molecule has 0 heterocycles. The average Bonchev–Trinajstić information content (AvgIpc) is 1.85. The molecule has 1 unspecified atom stereocenters. The molecular formula is C6H6K2O6. The van der Waals surface area contributed by atoms with Crippen LogP contribution < -0.4 is 113 Å². The van der Waals surface area contributed by atoms with Crippen LogP contribution in [0.5, 0.6) is 0 Å². The first-order valence-electron chi connectivity index (χ1n) is 2.95. The SMILES string of the molecule is CC(O)(CC(=O)C(=O)[O-])C(=O)[O-].[K+].[K+]. The van der Waals surface area contributed by atoms with E-state index in [1.807, 2.05) is 0 Å². The van der Waals surface area contributed by atoms with Crippen molar-refractivity contribution in [3.05, 3.63) is 0 Å². The Kier molecular flexibility index (Phi) is 13.5. The molecule has 0 saturated heterocycles. The Morgan fingerprint density at radius 3 is 1.79 bits per heavy atom. The van der Waals surface area contributed by atoms with Gasteiger partial charge in [0, 0.05) is 6.42 Å². The van der Waals surface area contributed by atoms with E-state index < -0.39 is 29.7 Å². The Labute approximate surface area is 165 Å². The van der Waals surface area contributed by atoms with E-state index in [2.05, 4.69) is 0 Å². The zero-order chi connectivity index (χ0) is 9.94. The van der Waals surface area contributed by atoms with E-state index in [1.165, 1.54) is 0 Å². The minimum atomic E-state index is -2.46.